The summed E-state index contributed by atoms with van der Waals surface area (Å²) < 4.78 is 0. The van der Waals surface area contributed by atoms with Gasteiger partial charge in [0.1, 0.15) is 5.01 Å². The molecule has 0 radical (unpaired) electrons. The lowest BCUT2D eigenvalue weighted by molar-refractivity contribution is -0.136. The number of benzene rings is 1. The maximum Gasteiger partial charge on any atom is 0.308 e. The van der Waals surface area contributed by atoms with Crippen molar-refractivity contribution in [2.45, 2.75) is 33.1 Å². The second kappa shape index (κ2) is 6.70. The summed E-state index contributed by atoms with van der Waals surface area (Å²) >= 11 is 1.29. The van der Waals surface area contributed by atoms with E-state index in [2.05, 4.69) is 10.3 Å². The molecule has 6 heteroatoms. The zero-order valence-corrected chi connectivity index (χ0v) is 13.5. The fraction of sp³-hybridized carbons (Fsp3) is 0.312. The van der Waals surface area contributed by atoms with Gasteiger partial charge in [-0.05, 0) is 32.4 Å². The van der Waals surface area contributed by atoms with E-state index in [9.17, 15) is 9.59 Å². The van der Waals surface area contributed by atoms with Crippen LogP contribution in [0.4, 0.5) is 5.69 Å². The van der Waals surface area contributed by atoms with Crippen LogP contribution in [0.3, 0.4) is 0 Å². The van der Waals surface area contributed by atoms with Gasteiger partial charge in [0, 0.05) is 10.6 Å². The summed E-state index contributed by atoms with van der Waals surface area (Å²) in [4.78, 5) is 28.2. The van der Waals surface area contributed by atoms with Gasteiger partial charge in [-0.15, -0.1) is 11.3 Å². The lowest BCUT2D eigenvalue weighted by Gasteiger charge is -2.11. The van der Waals surface area contributed by atoms with Gasteiger partial charge in [-0.1, -0.05) is 18.2 Å². The van der Waals surface area contributed by atoms with Gasteiger partial charge in [0.15, 0.2) is 0 Å². The van der Waals surface area contributed by atoms with Gasteiger partial charge >= 0.3 is 5.97 Å². The molecule has 0 saturated carbocycles. The average Bonchev–Trinajstić information content (AvgIpc) is 2.81. The second-order valence-electron chi connectivity index (χ2n) is 5.16. The summed E-state index contributed by atoms with van der Waals surface area (Å²) in [5.41, 5.74) is 2.45. The van der Waals surface area contributed by atoms with Crippen LogP contribution in [0.2, 0.25) is 0 Å². The third-order valence-electron chi connectivity index (χ3n) is 3.39. The second-order valence-corrected chi connectivity index (χ2v) is 6.27. The third kappa shape index (κ3) is 3.71. The van der Waals surface area contributed by atoms with Crippen LogP contribution in [0.5, 0.6) is 0 Å². The Morgan fingerprint density at radius 3 is 2.64 bits per heavy atom. The number of anilines is 1. The molecule has 0 aliphatic heterocycles. The van der Waals surface area contributed by atoms with E-state index in [1.54, 1.807) is 13.8 Å². The van der Waals surface area contributed by atoms with Gasteiger partial charge in [0.05, 0.1) is 18.0 Å². The third-order valence-corrected chi connectivity index (χ3v) is 4.73. The first-order chi connectivity index (χ1) is 10.4. The Hall–Kier alpha value is -2.21. The molecule has 0 saturated heterocycles. The molecule has 1 amide bonds. The van der Waals surface area contributed by atoms with E-state index < -0.39 is 11.9 Å². The summed E-state index contributed by atoms with van der Waals surface area (Å²) in [6.07, 6.45) is -0.0599. The van der Waals surface area contributed by atoms with Crippen LogP contribution in [-0.2, 0) is 16.0 Å². The molecule has 2 aromatic rings. The molecule has 1 aromatic heterocycles. The van der Waals surface area contributed by atoms with Crippen molar-refractivity contribution in [2.24, 2.45) is 0 Å². The maximum absolute atomic E-state index is 12.3. The van der Waals surface area contributed by atoms with Crippen molar-refractivity contribution in [3.05, 3.63) is 45.4 Å². The molecular weight excluding hydrogens is 300 g/mol. The Bertz CT molecular complexity index is 709. The molecule has 0 spiro atoms. The van der Waals surface area contributed by atoms with Gasteiger partial charge in [0.25, 0.3) is 0 Å². The van der Waals surface area contributed by atoms with E-state index in [-0.39, 0.29) is 12.3 Å². The standard InChI is InChI=1S/C16H18N2O3S/c1-9-6-4-5-7-12(9)18-15(21)10(2)16-17-11(3)13(22-16)8-14(19)20/h4-7,10H,8H2,1-3H3,(H,18,21)(H,19,20). The molecule has 1 heterocycles. The zero-order valence-electron chi connectivity index (χ0n) is 12.7. The average molecular weight is 318 g/mol. The molecule has 0 aliphatic carbocycles. The van der Waals surface area contributed by atoms with Crippen molar-refractivity contribution < 1.29 is 14.7 Å². The largest absolute Gasteiger partial charge is 0.481 e. The predicted octanol–water partition coefficient (Wildman–Crippen LogP) is 3.13. The predicted molar refractivity (Wildman–Crippen MR) is 86.4 cm³/mol. The minimum atomic E-state index is -0.893. The molecule has 116 valence electrons. The quantitative estimate of drug-likeness (QED) is 0.887. The van der Waals surface area contributed by atoms with Crippen LogP contribution in [0, 0.1) is 13.8 Å². The number of nitrogens with zero attached hydrogens (tertiary/aromatic N) is 1. The van der Waals surface area contributed by atoms with E-state index in [4.69, 9.17) is 5.11 Å². The van der Waals surface area contributed by atoms with Crippen LogP contribution in [0.1, 0.15) is 34.0 Å². The fourth-order valence-electron chi connectivity index (χ4n) is 2.00. The SMILES string of the molecule is Cc1ccccc1NC(=O)C(C)c1nc(C)c(CC(=O)O)s1. The van der Waals surface area contributed by atoms with Gasteiger partial charge in [-0.2, -0.15) is 0 Å². The number of hydrogen-bond donors (Lipinski definition) is 2. The fourth-order valence-corrected chi connectivity index (χ4v) is 3.11. The normalized spacial score (nSPS) is 12.0. The Balaban J connectivity index is 2.14. The Morgan fingerprint density at radius 1 is 1.32 bits per heavy atom. The minimum absolute atomic E-state index is 0.0599. The van der Waals surface area contributed by atoms with Crippen molar-refractivity contribution in [2.75, 3.05) is 5.32 Å². The molecule has 1 unspecified atom stereocenters. The van der Waals surface area contributed by atoms with E-state index in [1.807, 2.05) is 31.2 Å². The van der Waals surface area contributed by atoms with Crippen molar-refractivity contribution >= 4 is 28.9 Å². The summed E-state index contributed by atoms with van der Waals surface area (Å²) in [5.74, 6) is -1.47. The number of carboxylic acid groups (broad SMARTS) is 1. The first-order valence-corrected chi connectivity index (χ1v) is 7.74. The van der Waals surface area contributed by atoms with Crippen molar-refractivity contribution in [1.82, 2.24) is 4.98 Å². The van der Waals surface area contributed by atoms with Gasteiger partial charge < -0.3 is 10.4 Å². The summed E-state index contributed by atoms with van der Waals surface area (Å²) in [7, 11) is 0. The number of para-hydroxylation sites is 1. The number of carbonyl (C=O) groups excluding carboxylic acids is 1. The van der Waals surface area contributed by atoms with E-state index in [0.29, 0.717) is 15.6 Å². The molecule has 1 atom stereocenters. The summed E-state index contributed by atoms with van der Waals surface area (Å²) in [6, 6.07) is 7.56. The van der Waals surface area contributed by atoms with E-state index in [1.165, 1.54) is 11.3 Å². The van der Waals surface area contributed by atoms with Gasteiger partial charge in [0.2, 0.25) is 5.91 Å². The number of nitrogens with one attached hydrogen (secondary N) is 1. The van der Waals surface area contributed by atoms with Crippen LogP contribution >= 0.6 is 11.3 Å². The van der Waals surface area contributed by atoms with Crippen LogP contribution in [0.25, 0.3) is 0 Å². The maximum atomic E-state index is 12.3. The molecule has 0 aliphatic rings. The highest BCUT2D eigenvalue weighted by molar-refractivity contribution is 7.12. The highest BCUT2D eigenvalue weighted by atomic mass is 32.1. The van der Waals surface area contributed by atoms with Crippen LogP contribution in [-0.4, -0.2) is 22.0 Å². The van der Waals surface area contributed by atoms with Crippen molar-refractivity contribution in [3.8, 4) is 0 Å². The molecule has 0 bridgehead atoms. The van der Waals surface area contributed by atoms with Crippen LogP contribution < -0.4 is 5.32 Å². The lowest BCUT2D eigenvalue weighted by Crippen LogP contribution is -2.19. The lowest BCUT2D eigenvalue weighted by atomic mass is 10.1. The van der Waals surface area contributed by atoms with Crippen molar-refractivity contribution in [1.29, 1.82) is 0 Å². The van der Waals surface area contributed by atoms with Gasteiger partial charge in [-0.3, -0.25) is 9.59 Å². The zero-order chi connectivity index (χ0) is 16.3. The highest BCUT2D eigenvalue weighted by Gasteiger charge is 2.21. The highest BCUT2D eigenvalue weighted by Crippen LogP contribution is 2.27. The van der Waals surface area contributed by atoms with Crippen LogP contribution in [0.15, 0.2) is 24.3 Å². The molecular formula is C16H18N2O3S. The van der Waals surface area contributed by atoms with E-state index >= 15 is 0 Å². The molecule has 0 fully saturated rings. The van der Waals surface area contributed by atoms with Gasteiger partial charge in [-0.25, -0.2) is 4.98 Å². The summed E-state index contributed by atoms with van der Waals surface area (Å²) in [6.45, 7) is 5.47. The number of aromatic nitrogens is 1. The number of amides is 1. The Kier molecular flexibility index (Phi) is 4.92. The van der Waals surface area contributed by atoms with Crippen molar-refractivity contribution in [3.63, 3.8) is 0 Å². The number of aryl methyl sites for hydroxylation is 2. The van der Waals surface area contributed by atoms with E-state index in [0.717, 1.165) is 11.3 Å². The minimum Gasteiger partial charge on any atom is -0.481 e. The first kappa shape index (κ1) is 16.2. The topological polar surface area (TPSA) is 79.3 Å². The monoisotopic (exact) mass is 318 g/mol. The first-order valence-electron chi connectivity index (χ1n) is 6.93. The number of carboxylic acids is 1. The number of rotatable bonds is 5. The Labute approximate surface area is 133 Å². The Morgan fingerprint density at radius 2 is 2.00 bits per heavy atom. The number of aliphatic carboxylic acids is 1. The number of hydrogen-bond acceptors (Lipinski definition) is 4. The molecule has 1 aromatic carbocycles. The molecule has 5 nitrogen and oxygen atoms in total. The smallest absolute Gasteiger partial charge is 0.308 e. The molecule has 2 N–H and O–H groups in total. The molecule has 2 rings (SSSR count). The number of thiazole rings is 1. The molecule has 22 heavy (non-hydrogen) atoms. The summed E-state index contributed by atoms with van der Waals surface area (Å²) in [5, 5.41) is 12.4. The number of carbonyl (C=O) groups is 2.